The van der Waals surface area contributed by atoms with Crippen molar-refractivity contribution in [3.05, 3.63) is 93.0 Å². The topological polar surface area (TPSA) is 122 Å². The Morgan fingerprint density at radius 3 is 0.470 bits per heavy atom. The molecule has 0 saturated heterocycles. The van der Waals surface area contributed by atoms with Crippen molar-refractivity contribution in [2.45, 2.75) is 209 Å². The van der Waals surface area contributed by atoms with Crippen LogP contribution in [-0.4, -0.2) is 32.2 Å². The van der Waals surface area contributed by atoms with Crippen LogP contribution in [0.15, 0.2) is 48.5 Å². The van der Waals surface area contributed by atoms with Crippen molar-refractivity contribution in [2.24, 2.45) is 0 Å². The van der Waals surface area contributed by atoms with Crippen LogP contribution in [0.3, 0.4) is 0 Å². The van der Waals surface area contributed by atoms with Gasteiger partial charge in [0, 0.05) is 44.5 Å². The van der Waals surface area contributed by atoms with Gasteiger partial charge in [0.1, 0.15) is 23.0 Å². The van der Waals surface area contributed by atoms with Crippen LogP contribution in [0, 0.1) is 0 Å². The van der Waals surface area contributed by atoms with Crippen LogP contribution in [0.5, 0.6) is 23.0 Å². The van der Waals surface area contributed by atoms with Gasteiger partial charge in [0.25, 0.3) is 0 Å². The number of amides is 2. The summed E-state index contributed by atoms with van der Waals surface area (Å²) in [6, 6.07) is 14.4. The standard InChI is InChI=1S/C58H84N2O6/c1-51(2,3)37-25-33(26-38(45(37)61)52(4,5)6)59(34-27-39(53(7,8)9)46(62)40(28-34)54(10,11)12)49(65)50(66)60(35-29-41(55(13,14)15)47(63)42(30-35)56(16,17)18)36-31-43(57(19,20)21)48(64)44(32-36)58(22,23)24/h25-32,61-64H,1-24H3. The maximum absolute atomic E-state index is 16.2. The van der Waals surface area contributed by atoms with Crippen molar-refractivity contribution in [2.75, 3.05) is 9.80 Å². The first kappa shape index (κ1) is 53.6. The molecule has 4 aromatic carbocycles. The van der Waals surface area contributed by atoms with Gasteiger partial charge in [-0.2, -0.15) is 0 Å². The predicted molar refractivity (Wildman–Crippen MR) is 276 cm³/mol. The van der Waals surface area contributed by atoms with E-state index in [-0.39, 0.29) is 23.0 Å². The summed E-state index contributed by atoms with van der Waals surface area (Å²) in [6.45, 7) is 48.1. The van der Waals surface area contributed by atoms with Crippen LogP contribution in [-0.2, 0) is 52.9 Å². The van der Waals surface area contributed by atoms with Crippen LogP contribution in [0.4, 0.5) is 22.7 Å². The van der Waals surface area contributed by atoms with Gasteiger partial charge in [-0.05, 0) is 91.9 Å². The third-order valence-corrected chi connectivity index (χ3v) is 12.5. The van der Waals surface area contributed by atoms with Gasteiger partial charge in [0.2, 0.25) is 0 Å². The van der Waals surface area contributed by atoms with Gasteiger partial charge >= 0.3 is 11.8 Å². The summed E-state index contributed by atoms with van der Waals surface area (Å²) in [5.41, 5.74) is 1.68. The summed E-state index contributed by atoms with van der Waals surface area (Å²) >= 11 is 0. The molecule has 0 fully saturated rings. The first-order valence-electron chi connectivity index (χ1n) is 23.5. The molecule has 0 radical (unpaired) electrons. The zero-order chi connectivity index (χ0) is 51.2. The average Bonchev–Trinajstić information content (AvgIpc) is 3.09. The number of nitrogens with zero attached hydrogens (tertiary/aromatic N) is 2. The number of hydrogen-bond donors (Lipinski definition) is 4. The van der Waals surface area contributed by atoms with Gasteiger partial charge in [-0.1, -0.05) is 166 Å². The number of carbonyl (C=O) groups is 2. The molecule has 0 unspecified atom stereocenters. The molecule has 2 amide bonds. The number of benzene rings is 4. The van der Waals surface area contributed by atoms with E-state index in [1.807, 2.05) is 166 Å². The zero-order valence-electron chi connectivity index (χ0n) is 45.1. The van der Waals surface area contributed by atoms with Gasteiger partial charge in [0.15, 0.2) is 0 Å². The largest absolute Gasteiger partial charge is 0.507 e. The third kappa shape index (κ3) is 10.9. The highest BCUT2D eigenvalue weighted by Crippen LogP contribution is 2.49. The first-order valence-corrected chi connectivity index (χ1v) is 23.5. The second-order valence-electron chi connectivity index (χ2n) is 26.8. The van der Waals surface area contributed by atoms with Gasteiger partial charge in [-0.25, -0.2) is 0 Å². The van der Waals surface area contributed by atoms with Crippen LogP contribution in [0.25, 0.3) is 0 Å². The summed E-state index contributed by atoms with van der Waals surface area (Å²) < 4.78 is 0. The minimum atomic E-state index is -0.892. The highest BCUT2D eigenvalue weighted by atomic mass is 16.3. The van der Waals surface area contributed by atoms with E-state index in [9.17, 15) is 20.4 Å². The third-order valence-electron chi connectivity index (χ3n) is 12.5. The normalized spacial score (nSPS) is 13.5. The SMILES string of the molecule is CC(C)(C)c1cc(N(C(=O)C(=O)N(c2cc(C(C)(C)C)c(O)c(C(C)(C)C)c2)c2cc(C(C)(C)C)c(O)c(C(C)(C)C)c2)c2cc(C(C)(C)C)c(O)c(C(C)(C)C)c2)cc(C(C)(C)C)c1O. The summed E-state index contributed by atoms with van der Waals surface area (Å²) in [5, 5.41) is 47.9. The summed E-state index contributed by atoms with van der Waals surface area (Å²) in [5.74, 6) is -1.29. The Labute approximate surface area is 398 Å². The molecule has 0 spiro atoms. The molecular weight excluding hydrogens is 821 g/mol. The Morgan fingerprint density at radius 2 is 0.379 bits per heavy atom. The molecule has 0 saturated carbocycles. The molecule has 0 aromatic heterocycles. The molecule has 4 N–H and O–H groups in total. The number of anilines is 4. The number of hydrogen-bond acceptors (Lipinski definition) is 6. The summed E-state index contributed by atoms with van der Waals surface area (Å²) in [4.78, 5) is 35.3. The fourth-order valence-corrected chi connectivity index (χ4v) is 8.53. The average molecular weight is 905 g/mol. The van der Waals surface area contributed by atoms with E-state index in [4.69, 9.17) is 0 Å². The second-order valence-corrected chi connectivity index (χ2v) is 26.8. The molecule has 8 nitrogen and oxygen atoms in total. The Hall–Kier alpha value is -4.98. The number of phenolic OH excluding ortho intramolecular Hbond substituents is 4. The minimum Gasteiger partial charge on any atom is -0.507 e. The maximum atomic E-state index is 16.2. The molecule has 4 aromatic rings. The first-order chi connectivity index (χ1) is 29.3. The van der Waals surface area contributed by atoms with Gasteiger partial charge in [0.05, 0.1) is 22.7 Å². The van der Waals surface area contributed by atoms with E-state index >= 15 is 9.59 Å². The number of aromatic hydroxyl groups is 4. The van der Waals surface area contributed by atoms with E-state index < -0.39 is 55.1 Å². The lowest BCUT2D eigenvalue weighted by Gasteiger charge is -2.35. The van der Waals surface area contributed by atoms with Gasteiger partial charge in [-0.3, -0.25) is 19.4 Å². The molecule has 0 bridgehead atoms. The van der Waals surface area contributed by atoms with Crippen molar-refractivity contribution in [1.82, 2.24) is 0 Å². The summed E-state index contributed by atoms with van der Waals surface area (Å²) in [6.07, 6.45) is 0. The van der Waals surface area contributed by atoms with Crippen molar-refractivity contribution in [3.63, 3.8) is 0 Å². The Bertz CT molecular complexity index is 2040. The fraction of sp³-hybridized carbons (Fsp3) is 0.552. The molecule has 362 valence electrons. The number of rotatable bonds is 4. The van der Waals surface area contributed by atoms with Crippen molar-refractivity contribution in [3.8, 4) is 23.0 Å². The van der Waals surface area contributed by atoms with E-state index in [1.54, 1.807) is 48.5 Å². The highest BCUT2D eigenvalue weighted by Gasteiger charge is 2.39. The quantitative estimate of drug-likeness (QED) is 0.151. The second kappa shape index (κ2) is 17.0. The Morgan fingerprint density at radius 1 is 0.273 bits per heavy atom. The fourth-order valence-electron chi connectivity index (χ4n) is 8.53. The van der Waals surface area contributed by atoms with E-state index in [0.29, 0.717) is 67.3 Å². The lowest BCUT2D eigenvalue weighted by molar-refractivity contribution is -0.135. The predicted octanol–water partition coefficient (Wildman–Crippen LogP) is 14.9. The zero-order valence-corrected chi connectivity index (χ0v) is 45.1. The number of phenols is 4. The molecule has 0 aliphatic carbocycles. The molecule has 0 heterocycles. The van der Waals surface area contributed by atoms with E-state index in [2.05, 4.69) is 0 Å². The Balaban J connectivity index is 2.36. The molecule has 8 heteroatoms. The minimum absolute atomic E-state index is 0.123. The van der Waals surface area contributed by atoms with Crippen LogP contribution in [0.1, 0.15) is 211 Å². The monoisotopic (exact) mass is 905 g/mol. The number of carbonyl (C=O) groups excluding carboxylic acids is 2. The lowest BCUT2D eigenvalue weighted by Crippen LogP contribution is -2.42. The molecular formula is C58H84N2O6. The smallest absolute Gasteiger partial charge is 0.321 e. The lowest BCUT2D eigenvalue weighted by atomic mass is 9.78. The molecule has 4 rings (SSSR count). The van der Waals surface area contributed by atoms with Crippen molar-refractivity contribution >= 4 is 34.6 Å². The van der Waals surface area contributed by atoms with Gasteiger partial charge in [-0.15, -0.1) is 0 Å². The van der Waals surface area contributed by atoms with E-state index in [1.165, 1.54) is 9.80 Å². The van der Waals surface area contributed by atoms with E-state index in [0.717, 1.165) is 0 Å². The molecule has 66 heavy (non-hydrogen) atoms. The van der Waals surface area contributed by atoms with Crippen molar-refractivity contribution in [1.29, 1.82) is 0 Å². The Kier molecular flexibility index (Phi) is 13.8. The molecule has 0 aliphatic rings. The summed E-state index contributed by atoms with van der Waals surface area (Å²) in [7, 11) is 0. The van der Waals surface area contributed by atoms with Crippen LogP contribution < -0.4 is 9.80 Å². The van der Waals surface area contributed by atoms with Crippen LogP contribution >= 0.6 is 0 Å². The highest BCUT2D eigenvalue weighted by molar-refractivity contribution is 6.47. The molecule has 0 aliphatic heterocycles. The van der Waals surface area contributed by atoms with Gasteiger partial charge < -0.3 is 20.4 Å². The molecule has 0 atom stereocenters. The maximum Gasteiger partial charge on any atom is 0.321 e. The van der Waals surface area contributed by atoms with Crippen LogP contribution in [0.2, 0.25) is 0 Å². The van der Waals surface area contributed by atoms with Crippen molar-refractivity contribution < 1.29 is 30.0 Å².